The lowest BCUT2D eigenvalue weighted by Gasteiger charge is -2.20. The van der Waals surface area contributed by atoms with Crippen molar-refractivity contribution in [2.45, 2.75) is 20.0 Å². The molecule has 0 saturated heterocycles. The Kier molecular flexibility index (Phi) is 6.52. The number of hydrogen-bond acceptors (Lipinski definition) is 5. The van der Waals surface area contributed by atoms with Gasteiger partial charge in [0.25, 0.3) is 0 Å². The highest BCUT2D eigenvalue weighted by atomic mass is 32.1. The maximum atomic E-state index is 12.0. The standard InChI is InChI=1S/C21H22N2O2S/c1-2-25-20(24)15-23(13-17-9-5-3-6-10-17)14-19-16-26-21(22-19)18-11-7-4-8-12-18/h3-12,16H,2,13-15H2,1H3. The quantitative estimate of drug-likeness (QED) is 0.555. The maximum absolute atomic E-state index is 12.0. The molecule has 5 heteroatoms. The number of rotatable bonds is 8. The molecule has 0 saturated carbocycles. The molecule has 0 radical (unpaired) electrons. The van der Waals surface area contributed by atoms with Gasteiger partial charge in [-0.05, 0) is 12.5 Å². The summed E-state index contributed by atoms with van der Waals surface area (Å²) in [6.07, 6.45) is 0. The summed E-state index contributed by atoms with van der Waals surface area (Å²) in [6.45, 7) is 3.76. The van der Waals surface area contributed by atoms with Gasteiger partial charge in [0, 0.05) is 24.0 Å². The Morgan fingerprint density at radius 1 is 1.04 bits per heavy atom. The third-order valence-electron chi connectivity index (χ3n) is 3.87. The number of thiazole rings is 1. The highest BCUT2D eigenvalue weighted by Crippen LogP contribution is 2.24. The zero-order valence-corrected chi connectivity index (χ0v) is 15.6. The lowest BCUT2D eigenvalue weighted by Crippen LogP contribution is -2.30. The van der Waals surface area contributed by atoms with E-state index in [1.54, 1.807) is 11.3 Å². The van der Waals surface area contributed by atoms with Gasteiger partial charge in [-0.1, -0.05) is 60.7 Å². The third kappa shape index (κ3) is 5.25. The van der Waals surface area contributed by atoms with Crippen molar-refractivity contribution in [2.24, 2.45) is 0 Å². The van der Waals surface area contributed by atoms with Crippen molar-refractivity contribution >= 4 is 17.3 Å². The van der Waals surface area contributed by atoms with E-state index in [-0.39, 0.29) is 12.5 Å². The van der Waals surface area contributed by atoms with Crippen LogP contribution in [0.15, 0.2) is 66.0 Å². The van der Waals surface area contributed by atoms with Crippen molar-refractivity contribution in [3.63, 3.8) is 0 Å². The molecule has 0 bridgehead atoms. The molecule has 0 amide bonds. The van der Waals surface area contributed by atoms with Crippen molar-refractivity contribution in [3.8, 4) is 10.6 Å². The van der Waals surface area contributed by atoms with E-state index < -0.39 is 0 Å². The van der Waals surface area contributed by atoms with Crippen LogP contribution in [-0.2, 0) is 22.6 Å². The Labute approximate surface area is 158 Å². The summed E-state index contributed by atoms with van der Waals surface area (Å²) >= 11 is 1.63. The van der Waals surface area contributed by atoms with Gasteiger partial charge in [-0.15, -0.1) is 11.3 Å². The summed E-state index contributed by atoms with van der Waals surface area (Å²) < 4.78 is 5.12. The van der Waals surface area contributed by atoms with Crippen molar-refractivity contribution in [1.29, 1.82) is 0 Å². The minimum atomic E-state index is -0.207. The van der Waals surface area contributed by atoms with Crippen LogP contribution >= 0.6 is 11.3 Å². The minimum Gasteiger partial charge on any atom is -0.465 e. The van der Waals surface area contributed by atoms with Gasteiger partial charge in [-0.25, -0.2) is 4.98 Å². The van der Waals surface area contributed by atoms with E-state index in [9.17, 15) is 4.79 Å². The molecular formula is C21H22N2O2S. The summed E-state index contributed by atoms with van der Waals surface area (Å²) in [7, 11) is 0. The second-order valence-corrected chi connectivity index (χ2v) is 6.80. The molecule has 4 nitrogen and oxygen atoms in total. The summed E-state index contributed by atoms with van der Waals surface area (Å²) in [6, 6.07) is 20.3. The molecule has 3 rings (SSSR count). The third-order valence-corrected chi connectivity index (χ3v) is 4.81. The van der Waals surface area contributed by atoms with Gasteiger partial charge in [0.1, 0.15) is 5.01 Å². The minimum absolute atomic E-state index is 0.207. The van der Waals surface area contributed by atoms with Crippen molar-refractivity contribution in [3.05, 3.63) is 77.3 Å². The fourth-order valence-corrected chi connectivity index (χ4v) is 3.54. The first kappa shape index (κ1) is 18.3. The molecule has 0 fully saturated rings. The smallest absolute Gasteiger partial charge is 0.320 e. The number of ether oxygens (including phenoxy) is 1. The summed E-state index contributed by atoms with van der Waals surface area (Å²) in [5.74, 6) is -0.207. The Morgan fingerprint density at radius 3 is 2.42 bits per heavy atom. The second kappa shape index (κ2) is 9.27. The fraction of sp³-hybridized carbons (Fsp3) is 0.238. The molecule has 0 aliphatic carbocycles. The molecule has 3 aromatic rings. The summed E-state index contributed by atoms with van der Waals surface area (Å²) in [4.78, 5) is 18.8. The number of carbonyl (C=O) groups is 1. The molecule has 0 spiro atoms. The Bertz CT molecular complexity index is 818. The first-order chi connectivity index (χ1) is 12.7. The van der Waals surface area contributed by atoms with Crippen LogP contribution in [0.3, 0.4) is 0 Å². The number of aromatic nitrogens is 1. The zero-order valence-electron chi connectivity index (χ0n) is 14.8. The van der Waals surface area contributed by atoms with Crippen LogP contribution in [0, 0.1) is 0 Å². The van der Waals surface area contributed by atoms with Gasteiger partial charge < -0.3 is 4.74 Å². The van der Waals surface area contributed by atoms with Crippen LogP contribution < -0.4 is 0 Å². The predicted molar refractivity (Wildman–Crippen MR) is 105 cm³/mol. The van der Waals surface area contributed by atoms with Gasteiger partial charge in [0.15, 0.2) is 0 Å². The molecule has 0 aliphatic rings. The highest BCUT2D eigenvalue weighted by Gasteiger charge is 2.15. The number of benzene rings is 2. The van der Waals surface area contributed by atoms with Gasteiger partial charge in [-0.2, -0.15) is 0 Å². The molecule has 134 valence electrons. The fourth-order valence-electron chi connectivity index (χ4n) is 2.72. The largest absolute Gasteiger partial charge is 0.465 e. The van der Waals surface area contributed by atoms with E-state index in [0.717, 1.165) is 21.8 Å². The van der Waals surface area contributed by atoms with Gasteiger partial charge >= 0.3 is 5.97 Å². The number of nitrogens with zero attached hydrogens (tertiary/aromatic N) is 2. The van der Waals surface area contributed by atoms with Crippen LogP contribution in [-0.4, -0.2) is 29.0 Å². The Morgan fingerprint density at radius 2 is 1.73 bits per heavy atom. The van der Waals surface area contributed by atoms with E-state index in [0.29, 0.717) is 19.7 Å². The molecule has 0 unspecified atom stereocenters. The molecule has 0 N–H and O–H groups in total. The predicted octanol–water partition coefficient (Wildman–Crippen LogP) is 4.38. The molecule has 0 atom stereocenters. The van der Waals surface area contributed by atoms with Crippen molar-refractivity contribution in [1.82, 2.24) is 9.88 Å². The summed E-state index contributed by atoms with van der Waals surface area (Å²) in [5.41, 5.74) is 3.24. The lowest BCUT2D eigenvalue weighted by atomic mass is 10.2. The number of carbonyl (C=O) groups excluding carboxylic acids is 1. The first-order valence-electron chi connectivity index (χ1n) is 8.66. The van der Waals surface area contributed by atoms with E-state index in [2.05, 4.69) is 34.5 Å². The number of esters is 1. The number of hydrogen-bond donors (Lipinski definition) is 0. The van der Waals surface area contributed by atoms with Gasteiger partial charge in [-0.3, -0.25) is 9.69 Å². The van der Waals surface area contributed by atoms with Gasteiger partial charge in [0.2, 0.25) is 0 Å². The van der Waals surface area contributed by atoms with Crippen molar-refractivity contribution in [2.75, 3.05) is 13.2 Å². The molecule has 26 heavy (non-hydrogen) atoms. The van der Waals surface area contributed by atoms with Crippen LogP contribution in [0.4, 0.5) is 0 Å². The average molecular weight is 366 g/mol. The SMILES string of the molecule is CCOC(=O)CN(Cc1ccccc1)Cc1csc(-c2ccccc2)n1. The Balaban J connectivity index is 1.72. The topological polar surface area (TPSA) is 42.4 Å². The zero-order chi connectivity index (χ0) is 18.2. The van der Waals surface area contributed by atoms with Crippen molar-refractivity contribution < 1.29 is 9.53 Å². The van der Waals surface area contributed by atoms with E-state index in [1.807, 2.05) is 43.3 Å². The van der Waals surface area contributed by atoms with Crippen LogP contribution in [0.5, 0.6) is 0 Å². The molecule has 1 heterocycles. The van der Waals surface area contributed by atoms with Crippen LogP contribution in [0.25, 0.3) is 10.6 Å². The monoisotopic (exact) mass is 366 g/mol. The highest BCUT2D eigenvalue weighted by molar-refractivity contribution is 7.13. The van der Waals surface area contributed by atoms with E-state index in [1.165, 1.54) is 0 Å². The second-order valence-electron chi connectivity index (χ2n) is 5.95. The van der Waals surface area contributed by atoms with Crippen LogP contribution in [0.1, 0.15) is 18.2 Å². The van der Waals surface area contributed by atoms with E-state index >= 15 is 0 Å². The van der Waals surface area contributed by atoms with Crippen LogP contribution in [0.2, 0.25) is 0 Å². The molecular weight excluding hydrogens is 344 g/mol. The summed E-state index contributed by atoms with van der Waals surface area (Å²) in [5, 5.41) is 3.06. The maximum Gasteiger partial charge on any atom is 0.320 e. The molecule has 1 aromatic heterocycles. The molecule has 0 aliphatic heterocycles. The first-order valence-corrected chi connectivity index (χ1v) is 9.54. The normalized spacial score (nSPS) is 10.8. The molecule has 2 aromatic carbocycles. The Hall–Kier alpha value is -2.50. The van der Waals surface area contributed by atoms with Gasteiger partial charge in [0.05, 0.1) is 18.8 Å². The lowest BCUT2D eigenvalue weighted by molar-refractivity contribution is -0.144. The average Bonchev–Trinajstić information content (AvgIpc) is 3.12. The van der Waals surface area contributed by atoms with E-state index in [4.69, 9.17) is 9.72 Å².